The Hall–Kier alpha value is -0.450. The molecule has 0 amide bonds. The average molecular weight is 274 g/mol. The van der Waals surface area contributed by atoms with Crippen LogP contribution in [0.4, 0.5) is 4.39 Å². The Morgan fingerprint density at radius 3 is 2.80 bits per heavy atom. The Labute approximate surface area is 97.2 Å². The quantitative estimate of drug-likeness (QED) is 0.839. The smallest absolute Gasteiger partial charge is 0.124 e. The molecule has 2 rings (SSSR count). The van der Waals surface area contributed by atoms with Crippen LogP contribution in [0, 0.1) is 5.82 Å². The molecule has 0 radical (unpaired) electrons. The van der Waals surface area contributed by atoms with Crippen molar-refractivity contribution in [2.75, 3.05) is 20.2 Å². The summed E-state index contributed by atoms with van der Waals surface area (Å²) in [7, 11) is 1.72. The lowest BCUT2D eigenvalue weighted by atomic mass is 10.1. The van der Waals surface area contributed by atoms with Crippen molar-refractivity contribution in [3.8, 4) is 0 Å². The molecule has 1 saturated heterocycles. The van der Waals surface area contributed by atoms with Crippen molar-refractivity contribution in [2.45, 2.75) is 12.6 Å². The summed E-state index contributed by atoms with van der Waals surface area (Å²) in [4.78, 5) is 2.23. The van der Waals surface area contributed by atoms with Crippen molar-refractivity contribution in [1.29, 1.82) is 0 Å². The van der Waals surface area contributed by atoms with Gasteiger partial charge in [-0.3, -0.25) is 4.90 Å². The second-order valence-corrected chi connectivity index (χ2v) is 4.75. The summed E-state index contributed by atoms with van der Waals surface area (Å²) in [6.45, 7) is 2.66. The maximum Gasteiger partial charge on any atom is 0.124 e. The van der Waals surface area contributed by atoms with Gasteiger partial charge >= 0.3 is 0 Å². The van der Waals surface area contributed by atoms with Crippen LogP contribution in [0.5, 0.6) is 0 Å². The minimum absolute atomic E-state index is 0.191. The first kappa shape index (κ1) is 11.0. The standard InChI is InChI=1S/C11H13BrFNO/c1-15-11-6-14(7-11)5-8-2-9(12)4-10(13)3-8/h2-4,11H,5-7H2,1H3. The van der Waals surface area contributed by atoms with E-state index in [0.717, 1.165) is 29.7 Å². The van der Waals surface area contributed by atoms with E-state index in [1.54, 1.807) is 13.2 Å². The zero-order chi connectivity index (χ0) is 10.8. The van der Waals surface area contributed by atoms with E-state index in [9.17, 15) is 4.39 Å². The molecule has 0 atom stereocenters. The summed E-state index contributed by atoms with van der Waals surface area (Å²) in [5, 5.41) is 0. The molecule has 1 aromatic carbocycles. The molecular weight excluding hydrogens is 261 g/mol. The van der Waals surface area contributed by atoms with Crippen LogP contribution in [0.2, 0.25) is 0 Å². The highest BCUT2D eigenvalue weighted by atomic mass is 79.9. The molecule has 0 aliphatic carbocycles. The Kier molecular flexibility index (Phi) is 3.38. The van der Waals surface area contributed by atoms with E-state index in [0.29, 0.717) is 6.10 Å². The maximum atomic E-state index is 13.1. The number of ether oxygens (including phenoxy) is 1. The zero-order valence-electron chi connectivity index (χ0n) is 8.54. The van der Waals surface area contributed by atoms with Gasteiger partial charge in [0.15, 0.2) is 0 Å². The number of hydrogen-bond donors (Lipinski definition) is 0. The van der Waals surface area contributed by atoms with E-state index >= 15 is 0 Å². The molecular formula is C11H13BrFNO. The zero-order valence-corrected chi connectivity index (χ0v) is 10.1. The van der Waals surface area contributed by atoms with Gasteiger partial charge in [-0.2, -0.15) is 0 Å². The van der Waals surface area contributed by atoms with E-state index in [1.165, 1.54) is 6.07 Å². The molecule has 1 aromatic rings. The number of benzene rings is 1. The van der Waals surface area contributed by atoms with E-state index in [1.807, 2.05) is 6.07 Å². The molecule has 2 nitrogen and oxygen atoms in total. The predicted molar refractivity (Wildman–Crippen MR) is 60.2 cm³/mol. The van der Waals surface area contributed by atoms with E-state index in [4.69, 9.17) is 4.74 Å². The second kappa shape index (κ2) is 4.60. The van der Waals surface area contributed by atoms with Crippen LogP contribution in [-0.4, -0.2) is 31.2 Å². The lowest BCUT2D eigenvalue weighted by Crippen LogP contribution is -2.50. The van der Waals surface area contributed by atoms with Gasteiger partial charge in [-0.15, -0.1) is 0 Å². The number of halogens is 2. The summed E-state index contributed by atoms with van der Waals surface area (Å²) in [5.41, 5.74) is 0.997. The number of likely N-dealkylation sites (tertiary alicyclic amines) is 1. The van der Waals surface area contributed by atoms with E-state index in [-0.39, 0.29) is 5.82 Å². The Balaban J connectivity index is 1.94. The van der Waals surface area contributed by atoms with Crippen LogP contribution in [0.1, 0.15) is 5.56 Å². The van der Waals surface area contributed by atoms with E-state index in [2.05, 4.69) is 20.8 Å². The summed E-state index contributed by atoms with van der Waals surface area (Å²) in [6.07, 6.45) is 0.349. The highest BCUT2D eigenvalue weighted by molar-refractivity contribution is 9.10. The first-order chi connectivity index (χ1) is 7.17. The number of nitrogens with zero attached hydrogens (tertiary/aromatic N) is 1. The van der Waals surface area contributed by atoms with Gasteiger partial charge in [0.05, 0.1) is 6.10 Å². The van der Waals surface area contributed by atoms with Gasteiger partial charge in [0.25, 0.3) is 0 Å². The molecule has 0 unspecified atom stereocenters. The molecule has 4 heteroatoms. The molecule has 1 fully saturated rings. The van der Waals surface area contributed by atoms with Crippen LogP contribution in [0.25, 0.3) is 0 Å². The van der Waals surface area contributed by atoms with Crippen molar-refractivity contribution in [2.24, 2.45) is 0 Å². The van der Waals surface area contributed by atoms with Gasteiger partial charge in [-0.1, -0.05) is 15.9 Å². The van der Waals surface area contributed by atoms with Crippen molar-refractivity contribution in [3.05, 3.63) is 34.1 Å². The van der Waals surface area contributed by atoms with Crippen LogP contribution >= 0.6 is 15.9 Å². The molecule has 0 saturated carbocycles. The topological polar surface area (TPSA) is 12.5 Å². The van der Waals surface area contributed by atoms with Crippen molar-refractivity contribution in [3.63, 3.8) is 0 Å². The third kappa shape index (κ3) is 2.77. The number of hydrogen-bond acceptors (Lipinski definition) is 2. The molecule has 0 spiro atoms. The fourth-order valence-corrected chi connectivity index (χ4v) is 2.27. The van der Waals surface area contributed by atoms with Crippen LogP contribution in [0.15, 0.2) is 22.7 Å². The van der Waals surface area contributed by atoms with Gasteiger partial charge in [0.2, 0.25) is 0 Å². The highest BCUT2D eigenvalue weighted by Gasteiger charge is 2.26. The maximum absolute atomic E-state index is 13.1. The molecule has 1 heterocycles. The molecule has 1 aliphatic rings. The summed E-state index contributed by atoms with van der Waals surface area (Å²) >= 11 is 3.29. The number of rotatable bonds is 3. The first-order valence-electron chi connectivity index (χ1n) is 4.87. The van der Waals surface area contributed by atoms with Gasteiger partial charge in [0.1, 0.15) is 5.82 Å². The van der Waals surface area contributed by atoms with Crippen LogP contribution in [0.3, 0.4) is 0 Å². The third-order valence-electron chi connectivity index (χ3n) is 2.59. The fraction of sp³-hybridized carbons (Fsp3) is 0.455. The van der Waals surface area contributed by atoms with Gasteiger partial charge < -0.3 is 4.74 Å². The van der Waals surface area contributed by atoms with Gasteiger partial charge in [-0.05, 0) is 23.8 Å². The Morgan fingerprint density at radius 1 is 1.47 bits per heavy atom. The second-order valence-electron chi connectivity index (χ2n) is 3.83. The Morgan fingerprint density at radius 2 is 2.20 bits per heavy atom. The van der Waals surface area contributed by atoms with Crippen LogP contribution < -0.4 is 0 Å². The van der Waals surface area contributed by atoms with Crippen LogP contribution in [-0.2, 0) is 11.3 Å². The van der Waals surface area contributed by atoms with Crippen molar-refractivity contribution in [1.82, 2.24) is 4.90 Å². The Bertz CT molecular complexity index is 332. The molecule has 82 valence electrons. The van der Waals surface area contributed by atoms with E-state index < -0.39 is 0 Å². The molecule has 0 bridgehead atoms. The predicted octanol–water partition coefficient (Wildman–Crippen LogP) is 2.42. The average Bonchev–Trinajstić information content (AvgIpc) is 2.08. The minimum Gasteiger partial charge on any atom is -0.379 e. The third-order valence-corrected chi connectivity index (χ3v) is 3.04. The highest BCUT2D eigenvalue weighted by Crippen LogP contribution is 2.19. The van der Waals surface area contributed by atoms with Crippen molar-refractivity contribution < 1.29 is 9.13 Å². The minimum atomic E-state index is -0.191. The lowest BCUT2D eigenvalue weighted by Gasteiger charge is -2.38. The number of methoxy groups -OCH3 is 1. The van der Waals surface area contributed by atoms with Gasteiger partial charge in [0, 0.05) is 31.2 Å². The fourth-order valence-electron chi connectivity index (χ4n) is 1.76. The molecule has 15 heavy (non-hydrogen) atoms. The molecule has 1 aliphatic heterocycles. The largest absolute Gasteiger partial charge is 0.379 e. The summed E-state index contributed by atoms with van der Waals surface area (Å²) in [6, 6.07) is 4.99. The lowest BCUT2D eigenvalue weighted by molar-refractivity contribution is -0.0334. The van der Waals surface area contributed by atoms with Gasteiger partial charge in [-0.25, -0.2) is 4.39 Å². The molecule has 0 aromatic heterocycles. The normalized spacial score (nSPS) is 17.8. The summed E-state index contributed by atoms with van der Waals surface area (Å²) in [5.74, 6) is -0.191. The SMILES string of the molecule is COC1CN(Cc2cc(F)cc(Br)c2)C1. The van der Waals surface area contributed by atoms with Crippen molar-refractivity contribution >= 4 is 15.9 Å². The monoisotopic (exact) mass is 273 g/mol. The summed E-state index contributed by atoms with van der Waals surface area (Å²) < 4.78 is 19.0. The molecule has 0 N–H and O–H groups in total. The first-order valence-corrected chi connectivity index (χ1v) is 5.67.